The number of rotatable bonds is 3. The second-order valence-corrected chi connectivity index (χ2v) is 7.95. The molecule has 3 atom stereocenters. The van der Waals surface area contributed by atoms with E-state index in [0.29, 0.717) is 17.1 Å². The average Bonchev–Trinajstić information content (AvgIpc) is 2.81. The van der Waals surface area contributed by atoms with Crippen molar-refractivity contribution in [2.24, 2.45) is 11.3 Å². The quantitative estimate of drug-likeness (QED) is 0.417. The molecule has 3 heteroatoms. The van der Waals surface area contributed by atoms with Crippen molar-refractivity contribution < 1.29 is 10.2 Å². The lowest BCUT2D eigenvalue weighted by molar-refractivity contribution is -0.0895. The molecule has 0 aromatic rings. The Labute approximate surface area is 155 Å². The second kappa shape index (κ2) is 5.61. The van der Waals surface area contributed by atoms with Crippen LogP contribution in [0.15, 0.2) is 70.0 Å². The number of nitrogens with one attached hydrogen (secondary N) is 1. The number of dihydropyridines is 1. The first-order valence-electron chi connectivity index (χ1n) is 9.18. The van der Waals surface area contributed by atoms with Crippen LogP contribution in [0, 0.1) is 23.7 Å². The van der Waals surface area contributed by atoms with Crippen LogP contribution < -0.4 is 5.32 Å². The molecule has 26 heavy (non-hydrogen) atoms. The van der Waals surface area contributed by atoms with Crippen LogP contribution in [-0.4, -0.2) is 22.0 Å². The lowest BCUT2D eigenvalue weighted by Gasteiger charge is -2.47. The molecule has 2 heterocycles. The third kappa shape index (κ3) is 2.23. The Morgan fingerprint density at radius 2 is 2.19 bits per heavy atom. The summed E-state index contributed by atoms with van der Waals surface area (Å²) in [5, 5.41) is 25.4. The molecule has 1 fully saturated rings. The van der Waals surface area contributed by atoms with Crippen molar-refractivity contribution in [1.82, 2.24) is 5.32 Å². The minimum absolute atomic E-state index is 0.0331. The third-order valence-corrected chi connectivity index (χ3v) is 6.60. The summed E-state index contributed by atoms with van der Waals surface area (Å²) in [6.45, 7) is 6.32. The van der Waals surface area contributed by atoms with Gasteiger partial charge >= 0.3 is 0 Å². The summed E-state index contributed by atoms with van der Waals surface area (Å²) in [5.74, 6) is 0.875. The number of terminal acetylenes is 1. The Balaban J connectivity index is 1.78. The highest BCUT2D eigenvalue weighted by atomic mass is 16.5. The number of allylic oxidation sites excluding steroid dienone is 5. The van der Waals surface area contributed by atoms with Crippen molar-refractivity contribution >= 4 is 0 Å². The van der Waals surface area contributed by atoms with Gasteiger partial charge in [0.05, 0.1) is 6.04 Å². The Kier molecular flexibility index (Phi) is 3.70. The highest BCUT2D eigenvalue weighted by Gasteiger charge is 2.52. The van der Waals surface area contributed by atoms with E-state index in [4.69, 9.17) is 6.42 Å². The zero-order valence-corrected chi connectivity index (χ0v) is 15.5. The minimum Gasteiger partial charge on any atom is -0.378 e. The van der Waals surface area contributed by atoms with Crippen molar-refractivity contribution in [3.63, 3.8) is 0 Å². The van der Waals surface area contributed by atoms with Gasteiger partial charge in [0.2, 0.25) is 5.79 Å². The first kappa shape index (κ1) is 17.1. The molecule has 0 aromatic heterocycles. The maximum absolute atomic E-state index is 10.9. The van der Waals surface area contributed by atoms with Gasteiger partial charge in [-0.25, -0.2) is 0 Å². The summed E-state index contributed by atoms with van der Waals surface area (Å²) in [5.41, 5.74) is 6.36. The van der Waals surface area contributed by atoms with Crippen LogP contribution in [-0.2, 0) is 0 Å². The van der Waals surface area contributed by atoms with Crippen LogP contribution in [0.5, 0.6) is 0 Å². The maximum atomic E-state index is 10.9. The smallest absolute Gasteiger partial charge is 0.216 e. The van der Waals surface area contributed by atoms with E-state index >= 15 is 0 Å². The van der Waals surface area contributed by atoms with Crippen LogP contribution in [0.4, 0.5) is 0 Å². The summed E-state index contributed by atoms with van der Waals surface area (Å²) < 4.78 is 0. The lowest BCUT2D eigenvalue weighted by Crippen LogP contribution is -2.41. The topological polar surface area (TPSA) is 52.5 Å². The molecule has 3 N–H and O–H groups in total. The molecule has 3 unspecified atom stereocenters. The van der Waals surface area contributed by atoms with Crippen LogP contribution in [0.25, 0.3) is 0 Å². The highest BCUT2D eigenvalue weighted by Crippen LogP contribution is 2.62. The van der Waals surface area contributed by atoms with Crippen molar-refractivity contribution in [3.8, 4) is 12.3 Å². The molecule has 0 saturated heterocycles. The standard InChI is InChI=1S/C23H25NO2/c1-5-7-8-16(6-2)23(25,26)17-10-18-9-15-13-22(4)14(3)19(12-20(15)22)21(11-17)24-18/h1,6-8,10-12,15,21,24-26H,9,13H2,2-4H3. The largest absolute Gasteiger partial charge is 0.378 e. The summed E-state index contributed by atoms with van der Waals surface area (Å²) >= 11 is 0. The molecule has 1 saturated carbocycles. The fourth-order valence-electron chi connectivity index (χ4n) is 4.97. The molecule has 0 amide bonds. The summed E-state index contributed by atoms with van der Waals surface area (Å²) in [6, 6.07) is -0.0331. The van der Waals surface area contributed by atoms with Crippen LogP contribution in [0.1, 0.15) is 33.6 Å². The molecule has 2 aliphatic carbocycles. The van der Waals surface area contributed by atoms with E-state index in [9.17, 15) is 10.2 Å². The SMILES string of the molecule is C#CC=CC(=CC)C(O)(O)C1=CC2NC(=C1)CC1CC3(C)C1=CC2=C3C. The Morgan fingerprint density at radius 3 is 2.88 bits per heavy atom. The number of hydrogen-bond acceptors (Lipinski definition) is 3. The van der Waals surface area contributed by atoms with Crippen LogP contribution >= 0.6 is 0 Å². The maximum Gasteiger partial charge on any atom is 0.216 e. The van der Waals surface area contributed by atoms with Crippen molar-refractivity contribution in [1.29, 1.82) is 0 Å². The summed E-state index contributed by atoms with van der Waals surface area (Å²) in [4.78, 5) is 0. The Bertz CT molecular complexity index is 901. The van der Waals surface area contributed by atoms with Crippen molar-refractivity contribution in [3.05, 3.63) is 70.0 Å². The monoisotopic (exact) mass is 347 g/mol. The van der Waals surface area contributed by atoms with Crippen LogP contribution in [0.3, 0.4) is 0 Å². The van der Waals surface area contributed by atoms with Gasteiger partial charge in [-0.3, -0.25) is 0 Å². The fraction of sp³-hybridized carbons (Fsp3) is 0.391. The number of aliphatic hydroxyl groups is 2. The molecule has 2 aliphatic heterocycles. The Hall–Kier alpha value is -2.28. The fourth-order valence-corrected chi connectivity index (χ4v) is 4.97. The predicted octanol–water partition coefficient (Wildman–Crippen LogP) is 3.27. The van der Waals surface area contributed by atoms with Gasteiger partial charge in [-0.1, -0.05) is 36.1 Å². The van der Waals surface area contributed by atoms with E-state index < -0.39 is 5.79 Å². The molecule has 4 aliphatic rings. The van der Waals surface area contributed by atoms with Gasteiger partial charge in [0.25, 0.3) is 0 Å². The van der Waals surface area contributed by atoms with Gasteiger partial charge in [0.1, 0.15) is 0 Å². The highest BCUT2D eigenvalue weighted by molar-refractivity contribution is 5.58. The zero-order chi connectivity index (χ0) is 18.7. The van der Waals surface area contributed by atoms with Gasteiger partial charge in [-0.05, 0) is 62.5 Å². The summed E-state index contributed by atoms with van der Waals surface area (Å²) in [7, 11) is 0. The minimum atomic E-state index is -2.07. The number of fused-ring (bicyclic) bond motifs is 4. The molecule has 134 valence electrons. The van der Waals surface area contributed by atoms with Gasteiger partial charge in [0.15, 0.2) is 0 Å². The molecule has 0 radical (unpaired) electrons. The van der Waals surface area contributed by atoms with E-state index in [1.54, 1.807) is 24.6 Å². The first-order chi connectivity index (χ1) is 12.3. The Morgan fingerprint density at radius 1 is 1.42 bits per heavy atom. The van der Waals surface area contributed by atoms with Gasteiger partial charge < -0.3 is 15.5 Å². The number of hydrogen-bond donors (Lipinski definition) is 3. The van der Waals surface area contributed by atoms with Crippen LogP contribution in [0.2, 0.25) is 0 Å². The van der Waals surface area contributed by atoms with Gasteiger partial charge in [-0.2, -0.15) is 0 Å². The molecule has 4 rings (SSSR count). The third-order valence-electron chi connectivity index (χ3n) is 6.60. The lowest BCUT2D eigenvalue weighted by atomic mass is 9.57. The van der Waals surface area contributed by atoms with E-state index in [1.807, 2.05) is 12.2 Å². The molecular formula is C23H25NO2. The zero-order valence-electron chi connectivity index (χ0n) is 15.5. The van der Waals surface area contributed by atoms with E-state index in [0.717, 1.165) is 12.1 Å². The predicted molar refractivity (Wildman–Crippen MR) is 104 cm³/mol. The van der Waals surface area contributed by atoms with Crippen molar-refractivity contribution in [2.75, 3.05) is 0 Å². The van der Waals surface area contributed by atoms with Gasteiger partial charge in [0, 0.05) is 22.3 Å². The first-order valence-corrected chi connectivity index (χ1v) is 9.18. The molecule has 4 bridgehead atoms. The normalized spacial score (nSPS) is 32.8. The molecular weight excluding hydrogens is 322 g/mol. The van der Waals surface area contributed by atoms with Gasteiger partial charge in [-0.15, -0.1) is 6.42 Å². The molecule has 3 nitrogen and oxygen atoms in total. The molecule has 0 spiro atoms. The van der Waals surface area contributed by atoms with Crippen molar-refractivity contribution in [2.45, 2.75) is 45.4 Å². The van der Waals surface area contributed by atoms with E-state index in [1.165, 1.54) is 23.6 Å². The van der Waals surface area contributed by atoms with E-state index in [2.05, 4.69) is 31.2 Å². The summed E-state index contributed by atoms with van der Waals surface area (Å²) in [6.07, 6.45) is 18.3. The second-order valence-electron chi connectivity index (χ2n) is 7.95. The van der Waals surface area contributed by atoms with E-state index in [-0.39, 0.29) is 11.5 Å². The average molecular weight is 347 g/mol. The molecule has 0 aromatic carbocycles.